The Labute approximate surface area is 111 Å². The molecule has 106 valence electrons. The Kier molecular flexibility index (Phi) is 5.58. The van der Waals surface area contributed by atoms with Crippen molar-refractivity contribution in [3.63, 3.8) is 0 Å². The number of amides is 1. The summed E-state index contributed by atoms with van der Waals surface area (Å²) in [4.78, 5) is 10.8. The van der Waals surface area contributed by atoms with Gasteiger partial charge in [0.1, 0.15) is 0 Å². The SMILES string of the molecule is COC(=O)NS(=O)(=O)Nc1cccc(CCCO)c1. The van der Waals surface area contributed by atoms with E-state index in [0.29, 0.717) is 18.5 Å². The lowest BCUT2D eigenvalue weighted by atomic mass is 10.1. The van der Waals surface area contributed by atoms with E-state index >= 15 is 0 Å². The Morgan fingerprint density at radius 1 is 1.42 bits per heavy atom. The predicted octanol–water partition coefficient (Wildman–Crippen LogP) is 0.624. The number of aliphatic hydroxyl groups is 1. The molecular formula is C11H16N2O5S. The van der Waals surface area contributed by atoms with Crippen molar-refractivity contribution in [2.24, 2.45) is 0 Å². The van der Waals surface area contributed by atoms with Crippen LogP contribution in [0.4, 0.5) is 10.5 Å². The largest absolute Gasteiger partial charge is 0.452 e. The van der Waals surface area contributed by atoms with Crippen LogP contribution in [-0.2, 0) is 21.4 Å². The van der Waals surface area contributed by atoms with E-state index in [4.69, 9.17) is 5.11 Å². The van der Waals surface area contributed by atoms with Gasteiger partial charge in [-0.2, -0.15) is 8.42 Å². The summed E-state index contributed by atoms with van der Waals surface area (Å²) < 4.78 is 31.1. The highest BCUT2D eigenvalue weighted by Gasteiger charge is 2.14. The lowest BCUT2D eigenvalue weighted by Crippen LogP contribution is -2.35. The van der Waals surface area contributed by atoms with E-state index in [9.17, 15) is 13.2 Å². The third-order valence-corrected chi connectivity index (χ3v) is 3.15. The van der Waals surface area contributed by atoms with Crippen LogP contribution in [0.25, 0.3) is 0 Å². The van der Waals surface area contributed by atoms with Crippen LogP contribution in [0.5, 0.6) is 0 Å². The Morgan fingerprint density at radius 3 is 2.79 bits per heavy atom. The molecule has 0 heterocycles. The molecule has 0 spiro atoms. The fraction of sp³-hybridized carbons (Fsp3) is 0.364. The van der Waals surface area contributed by atoms with Gasteiger partial charge in [-0.3, -0.25) is 4.72 Å². The Morgan fingerprint density at radius 2 is 2.16 bits per heavy atom. The second kappa shape index (κ2) is 6.95. The van der Waals surface area contributed by atoms with Crippen LogP contribution in [0.2, 0.25) is 0 Å². The maximum atomic E-state index is 11.5. The summed E-state index contributed by atoms with van der Waals surface area (Å²) >= 11 is 0. The van der Waals surface area contributed by atoms with Crippen molar-refractivity contribution in [2.45, 2.75) is 12.8 Å². The molecule has 1 rings (SSSR count). The Balaban J connectivity index is 2.73. The maximum Gasteiger partial charge on any atom is 0.422 e. The van der Waals surface area contributed by atoms with Crippen molar-refractivity contribution in [1.82, 2.24) is 4.72 Å². The van der Waals surface area contributed by atoms with E-state index in [-0.39, 0.29) is 6.61 Å². The van der Waals surface area contributed by atoms with Gasteiger partial charge in [-0.25, -0.2) is 9.52 Å². The van der Waals surface area contributed by atoms with Gasteiger partial charge in [0.15, 0.2) is 0 Å². The summed E-state index contributed by atoms with van der Waals surface area (Å²) in [5.41, 5.74) is 1.21. The highest BCUT2D eigenvalue weighted by molar-refractivity contribution is 7.91. The van der Waals surface area contributed by atoms with Crippen molar-refractivity contribution < 1.29 is 23.1 Å². The molecule has 0 fully saturated rings. The van der Waals surface area contributed by atoms with Gasteiger partial charge in [-0.1, -0.05) is 12.1 Å². The number of methoxy groups -OCH3 is 1. The van der Waals surface area contributed by atoms with Crippen molar-refractivity contribution in [3.05, 3.63) is 29.8 Å². The molecule has 0 aliphatic rings. The summed E-state index contributed by atoms with van der Waals surface area (Å²) in [6, 6.07) is 6.69. The first-order valence-corrected chi connectivity index (χ1v) is 7.03. The average Bonchev–Trinajstić information content (AvgIpc) is 2.35. The Bertz CT molecular complexity index is 530. The predicted molar refractivity (Wildman–Crippen MR) is 69.9 cm³/mol. The molecule has 1 aromatic rings. The molecule has 3 N–H and O–H groups in total. The molecule has 0 bridgehead atoms. The van der Waals surface area contributed by atoms with E-state index in [2.05, 4.69) is 9.46 Å². The molecule has 0 atom stereocenters. The molecule has 0 unspecified atom stereocenters. The number of benzene rings is 1. The van der Waals surface area contributed by atoms with Crippen LogP contribution in [0, 0.1) is 0 Å². The maximum absolute atomic E-state index is 11.5. The molecule has 7 nitrogen and oxygen atoms in total. The zero-order valence-electron chi connectivity index (χ0n) is 10.4. The number of hydrogen-bond acceptors (Lipinski definition) is 5. The van der Waals surface area contributed by atoms with Crippen molar-refractivity contribution in [2.75, 3.05) is 18.4 Å². The van der Waals surface area contributed by atoms with Crippen LogP contribution in [-0.4, -0.2) is 33.3 Å². The summed E-state index contributed by atoms with van der Waals surface area (Å²) in [5.74, 6) is 0. The second-order valence-electron chi connectivity index (χ2n) is 3.73. The van der Waals surface area contributed by atoms with Crippen molar-refractivity contribution in [1.29, 1.82) is 0 Å². The normalized spacial score (nSPS) is 10.8. The van der Waals surface area contributed by atoms with E-state index in [1.807, 2.05) is 6.07 Å². The van der Waals surface area contributed by atoms with Crippen LogP contribution in [0.1, 0.15) is 12.0 Å². The first kappa shape index (κ1) is 15.3. The number of hydrogen-bond donors (Lipinski definition) is 3. The molecule has 1 amide bonds. The summed E-state index contributed by atoms with van der Waals surface area (Å²) in [6.07, 6.45) is 0.163. The van der Waals surface area contributed by atoms with Crippen LogP contribution >= 0.6 is 0 Å². The second-order valence-corrected chi connectivity index (χ2v) is 5.14. The number of rotatable bonds is 6. The molecule has 0 radical (unpaired) electrons. The van der Waals surface area contributed by atoms with E-state index in [1.165, 1.54) is 0 Å². The lowest BCUT2D eigenvalue weighted by Gasteiger charge is -2.09. The molecule has 0 saturated carbocycles. The molecular weight excluding hydrogens is 272 g/mol. The number of carbonyl (C=O) groups is 1. The van der Waals surface area contributed by atoms with Gasteiger partial charge in [0.05, 0.1) is 12.8 Å². The minimum atomic E-state index is -4.01. The quantitative estimate of drug-likeness (QED) is 0.712. The molecule has 0 aliphatic carbocycles. The number of aliphatic hydroxyl groups excluding tert-OH is 1. The number of anilines is 1. The lowest BCUT2D eigenvalue weighted by molar-refractivity contribution is 0.177. The average molecular weight is 288 g/mol. The fourth-order valence-corrected chi connectivity index (χ4v) is 2.20. The molecule has 8 heteroatoms. The van der Waals surface area contributed by atoms with Crippen LogP contribution in [0.15, 0.2) is 24.3 Å². The van der Waals surface area contributed by atoms with Gasteiger partial charge in [0.2, 0.25) is 0 Å². The van der Waals surface area contributed by atoms with Crippen LogP contribution < -0.4 is 9.44 Å². The van der Waals surface area contributed by atoms with Gasteiger partial charge in [-0.15, -0.1) is 0 Å². The van der Waals surface area contributed by atoms with Gasteiger partial charge < -0.3 is 9.84 Å². The van der Waals surface area contributed by atoms with Crippen molar-refractivity contribution in [3.8, 4) is 0 Å². The molecule has 0 aromatic heterocycles. The minimum Gasteiger partial charge on any atom is -0.452 e. The number of aryl methyl sites for hydroxylation is 1. The van der Waals surface area contributed by atoms with Gasteiger partial charge in [0, 0.05) is 6.61 Å². The monoisotopic (exact) mass is 288 g/mol. The fourth-order valence-electron chi connectivity index (χ4n) is 1.41. The van der Waals surface area contributed by atoms with E-state index < -0.39 is 16.3 Å². The zero-order chi connectivity index (χ0) is 14.3. The number of ether oxygens (including phenoxy) is 1. The standard InChI is InChI=1S/C11H16N2O5S/c1-18-11(15)13-19(16,17)12-10-6-2-4-9(8-10)5-3-7-14/h2,4,6,8,12,14H,3,5,7H2,1H3,(H,13,15). The third-order valence-electron chi connectivity index (χ3n) is 2.21. The summed E-state index contributed by atoms with van der Waals surface area (Å²) in [6.45, 7) is 0.0693. The van der Waals surface area contributed by atoms with Gasteiger partial charge in [0.25, 0.3) is 0 Å². The van der Waals surface area contributed by atoms with Gasteiger partial charge in [-0.05, 0) is 30.5 Å². The third kappa shape index (κ3) is 5.58. The van der Waals surface area contributed by atoms with E-state index in [1.54, 1.807) is 22.9 Å². The molecule has 19 heavy (non-hydrogen) atoms. The van der Waals surface area contributed by atoms with E-state index in [0.717, 1.165) is 12.7 Å². The smallest absolute Gasteiger partial charge is 0.422 e. The zero-order valence-corrected chi connectivity index (χ0v) is 11.2. The highest BCUT2D eigenvalue weighted by Crippen LogP contribution is 2.13. The first-order valence-electron chi connectivity index (χ1n) is 5.55. The van der Waals surface area contributed by atoms with Gasteiger partial charge >= 0.3 is 16.3 Å². The minimum absolute atomic E-state index is 0.0693. The van der Waals surface area contributed by atoms with Crippen LogP contribution in [0.3, 0.4) is 0 Å². The molecule has 0 aliphatic heterocycles. The number of nitrogens with one attached hydrogen (secondary N) is 2. The summed E-state index contributed by atoms with van der Waals surface area (Å²) in [5, 5.41) is 8.74. The number of carbonyl (C=O) groups excluding carboxylic acids is 1. The highest BCUT2D eigenvalue weighted by atomic mass is 32.2. The molecule has 1 aromatic carbocycles. The first-order chi connectivity index (χ1) is 8.96. The topological polar surface area (TPSA) is 105 Å². The Hall–Kier alpha value is -1.80. The van der Waals surface area contributed by atoms with Crippen molar-refractivity contribution >= 4 is 22.0 Å². The summed E-state index contributed by atoms with van der Waals surface area (Å²) in [7, 11) is -2.94. The molecule has 0 saturated heterocycles.